The number of ether oxygens (including phenoxy) is 1. The second-order valence-corrected chi connectivity index (χ2v) is 11.0. The largest absolute Gasteiger partial charge is 0.488 e. The van der Waals surface area contributed by atoms with Crippen LogP contribution in [-0.4, -0.2) is 60.7 Å². The van der Waals surface area contributed by atoms with Crippen LogP contribution in [0.2, 0.25) is 0 Å². The van der Waals surface area contributed by atoms with Crippen molar-refractivity contribution in [2.75, 3.05) is 50.0 Å². The molecule has 1 unspecified atom stereocenters. The number of amides is 1. The number of nitrogen functional groups attached to an aromatic ring is 2. The highest BCUT2D eigenvalue weighted by atomic mass is 32.1. The Bertz CT molecular complexity index is 1280. The molecular formula is C29H36N6O2S. The number of piperidine rings is 1. The molecule has 2 saturated heterocycles. The van der Waals surface area contributed by atoms with Gasteiger partial charge in [-0.15, -0.1) is 0 Å². The summed E-state index contributed by atoms with van der Waals surface area (Å²) in [6.07, 6.45) is 4.28. The average Bonchev–Trinajstić information content (AvgIpc) is 3.63. The number of nitrogens with one attached hydrogen (secondary N) is 2. The molecule has 1 aromatic heterocycles. The Labute approximate surface area is 228 Å². The lowest BCUT2D eigenvalue weighted by Crippen LogP contribution is -2.35. The number of thiophene rings is 1. The SMILES string of the molecule is CN1CCC(Oc2ccc(C(=N)c3cc(NC(=O)C(c4ccsc4)N4CCCC4)ccc3N)cc2N)CC1. The van der Waals surface area contributed by atoms with Crippen LogP contribution < -0.4 is 21.5 Å². The van der Waals surface area contributed by atoms with E-state index in [0.29, 0.717) is 33.9 Å². The maximum atomic E-state index is 13.4. The van der Waals surface area contributed by atoms with Gasteiger partial charge in [0.05, 0.1) is 11.4 Å². The van der Waals surface area contributed by atoms with Crippen LogP contribution in [0.25, 0.3) is 0 Å². The molecule has 8 nitrogen and oxygen atoms in total. The Balaban J connectivity index is 1.31. The average molecular weight is 533 g/mol. The fourth-order valence-electron chi connectivity index (χ4n) is 5.27. The zero-order valence-electron chi connectivity index (χ0n) is 21.8. The van der Waals surface area contributed by atoms with Gasteiger partial charge in [0, 0.05) is 35.6 Å². The molecule has 0 bridgehead atoms. The maximum absolute atomic E-state index is 13.4. The summed E-state index contributed by atoms with van der Waals surface area (Å²) < 4.78 is 6.16. The summed E-state index contributed by atoms with van der Waals surface area (Å²) in [5.74, 6) is 0.568. The van der Waals surface area contributed by atoms with Gasteiger partial charge in [0.15, 0.2) is 0 Å². The Hall–Kier alpha value is -3.40. The molecule has 2 aliphatic rings. The first-order valence-electron chi connectivity index (χ1n) is 13.2. The van der Waals surface area contributed by atoms with Crippen LogP contribution in [0.4, 0.5) is 17.1 Å². The molecule has 0 radical (unpaired) electrons. The van der Waals surface area contributed by atoms with E-state index in [1.165, 1.54) is 0 Å². The predicted octanol–water partition coefficient (Wildman–Crippen LogP) is 4.58. The van der Waals surface area contributed by atoms with Crippen LogP contribution in [0.1, 0.15) is 48.4 Å². The Morgan fingerprint density at radius 3 is 2.50 bits per heavy atom. The molecule has 2 fully saturated rings. The number of anilines is 3. The molecule has 6 N–H and O–H groups in total. The van der Waals surface area contributed by atoms with Gasteiger partial charge in [0.2, 0.25) is 5.91 Å². The van der Waals surface area contributed by atoms with Crippen molar-refractivity contribution in [3.8, 4) is 5.75 Å². The van der Waals surface area contributed by atoms with Gasteiger partial charge in [-0.3, -0.25) is 15.1 Å². The number of carbonyl (C=O) groups is 1. The lowest BCUT2D eigenvalue weighted by molar-refractivity contribution is -0.121. The van der Waals surface area contributed by atoms with Crippen molar-refractivity contribution in [3.63, 3.8) is 0 Å². The van der Waals surface area contributed by atoms with E-state index in [2.05, 4.69) is 22.2 Å². The van der Waals surface area contributed by atoms with E-state index in [9.17, 15) is 4.79 Å². The highest BCUT2D eigenvalue weighted by Crippen LogP contribution is 2.31. The van der Waals surface area contributed by atoms with Gasteiger partial charge in [-0.1, -0.05) is 0 Å². The van der Waals surface area contributed by atoms with Crippen molar-refractivity contribution in [3.05, 3.63) is 69.9 Å². The van der Waals surface area contributed by atoms with Gasteiger partial charge in [-0.2, -0.15) is 11.3 Å². The monoisotopic (exact) mass is 532 g/mol. The Morgan fingerprint density at radius 1 is 1.05 bits per heavy atom. The third kappa shape index (κ3) is 5.85. The van der Waals surface area contributed by atoms with E-state index in [0.717, 1.165) is 57.4 Å². The number of benzene rings is 2. The fraction of sp³-hybridized carbons (Fsp3) is 0.379. The second-order valence-electron chi connectivity index (χ2n) is 10.2. The summed E-state index contributed by atoms with van der Waals surface area (Å²) in [5.41, 5.74) is 16.6. The number of nitrogens with zero attached hydrogens (tertiary/aromatic N) is 2. The number of rotatable bonds is 8. The third-order valence-corrected chi connectivity index (χ3v) is 8.16. The van der Waals surface area contributed by atoms with Crippen LogP contribution >= 0.6 is 11.3 Å². The van der Waals surface area contributed by atoms with Gasteiger partial charge < -0.3 is 26.4 Å². The van der Waals surface area contributed by atoms with Crippen molar-refractivity contribution in [2.45, 2.75) is 37.8 Å². The van der Waals surface area contributed by atoms with Gasteiger partial charge in [-0.05, 0) is 105 Å². The lowest BCUT2D eigenvalue weighted by atomic mass is 9.99. The first-order valence-corrected chi connectivity index (χ1v) is 14.1. The van der Waals surface area contributed by atoms with E-state index in [4.69, 9.17) is 21.6 Å². The van der Waals surface area contributed by atoms with Crippen LogP contribution in [0.3, 0.4) is 0 Å². The normalized spacial score (nSPS) is 17.8. The van der Waals surface area contributed by atoms with E-state index < -0.39 is 0 Å². The molecule has 5 rings (SSSR count). The van der Waals surface area contributed by atoms with Gasteiger partial charge in [-0.25, -0.2) is 0 Å². The van der Waals surface area contributed by atoms with Crippen molar-refractivity contribution >= 4 is 40.0 Å². The Kier molecular flexibility index (Phi) is 7.97. The summed E-state index contributed by atoms with van der Waals surface area (Å²) in [4.78, 5) is 18.0. The molecule has 1 amide bonds. The predicted molar refractivity (Wildman–Crippen MR) is 155 cm³/mol. The van der Waals surface area contributed by atoms with Crippen LogP contribution in [0, 0.1) is 5.41 Å². The number of hydrogen-bond donors (Lipinski definition) is 4. The molecule has 3 aromatic rings. The van der Waals surface area contributed by atoms with Crippen LogP contribution in [0.5, 0.6) is 5.75 Å². The van der Waals surface area contributed by atoms with E-state index in [1.807, 2.05) is 29.0 Å². The minimum Gasteiger partial charge on any atom is -0.488 e. The van der Waals surface area contributed by atoms with Crippen LogP contribution in [0.15, 0.2) is 53.2 Å². The second kappa shape index (κ2) is 11.6. The number of hydrogen-bond acceptors (Lipinski definition) is 8. The zero-order chi connectivity index (χ0) is 26.6. The lowest BCUT2D eigenvalue weighted by Gasteiger charge is -2.29. The van der Waals surface area contributed by atoms with Crippen molar-refractivity contribution in [2.24, 2.45) is 0 Å². The van der Waals surface area contributed by atoms with Gasteiger partial charge >= 0.3 is 0 Å². The minimum absolute atomic E-state index is 0.0767. The fourth-order valence-corrected chi connectivity index (χ4v) is 5.95. The van der Waals surface area contributed by atoms with Crippen molar-refractivity contribution < 1.29 is 9.53 Å². The highest BCUT2D eigenvalue weighted by Gasteiger charge is 2.30. The molecule has 200 valence electrons. The van der Waals surface area contributed by atoms with Crippen LogP contribution in [-0.2, 0) is 4.79 Å². The van der Waals surface area contributed by atoms with Gasteiger partial charge in [0.25, 0.3) is 0 Å². The quantitative estimate of drug-likeness (QED) is 0.249. The minimum atomic E-state index is -0.332. The zero-order valence-corrected chi connectivity index (χ0v) is 22.6. The first kappa shape index (κ1) is 26.2. The molecule has 2 aromatic carbocycles. The molecule has 0 spiro atoms. The molecule has 0 aliphatic carbocycles. The molecule has 2 aliphatic heterocycles. The summed E-state index contributed by atoms with van der Waals surface area (Å²) in [7, 11) is 2.12. The van der Waals surface area contributed by atoms with E-state index >= 15 is 0 Å². The summed E-state index contributed by atoms with van der Waals surface area (Å²) in [5, 5.41) is 16.0. The topological polar surface area (TPSA) is 121 Å². The molecule has 9 heteroatoms. The smallest absolute Gasteiger partial charge is 0.246 e. The highest BCUT2D eigenvalue weighted by molar-refractivity contribution is 7.08. The molecule has 3 heterocycles. The standard InChI is InChI=1S/C29H36N6O2S/c1-34-13-8-22(9-14-34)37-26-7-4-19(16-25(26)31)27(32)23-17-21(5-6-24(23)30)33-29(36)28(20-10-15-38-18-20)35-11-2-3-12-35/h4-7,10,15-18,22,28,32H,2-3,8-9,11-14,30-31H2,1H3,(H,33,36). The first-order chi connectivity index (χ1) is 18.4. The van der Waals surface area contributed by atoms with E-state index in [1.54, 1.807) is 35.6 Å². The number of nitrogens with two attached hydrogens (primary N) is 2. The van der Waals surface area contributed by atoms with Crippen molar-refractivity contribution in [1.82, 2.24) is 9.80 Å². The molecular weight excluding hydrogens is 496 g/mol. The third-order valence-electron chi connectivity index (χ3n) is 7.46. The van der Waals surface area contributed by atoms with Gasteiger partial charge in [0.1, 0.15) is 17.9 Å². The maximum Gasteiger partial charge on any atom is 0.246 e. The van der Waals surface area contributed by atoms with E-state index in [-0.39, 0.29) is 23.8 Å². The summed E-state index contributed by atoms with van der Waals surface area (Å²) in [6.45, 7) is 3.83. The van der Waals surface area contributed by atoms with Crippen molar-refractivity contribution in [1.29, 1.82) is 5.41 Å². The summed E-state index contributed by atoms with van der Waals surface area (Å²) >= 11 is 1.60. The molecule has 0 saturated carbocycles. The summed E-state index contributed by atoms with van der Waals surface area (Å²) in [6, 6.07) is 12.4. The Morgan fingerprint density at radius 2 is 1.82 bits per heavy atom. The number of carbonyl (C=O) groups excluding carboxylic acids is 1. The molecule has 1 atom stereocenters. The molecule has 38 heavy (non-hydrogen) atoms. The number of likely N-dealkylation sites (tertiary alicyclic amines) is 2.